The fraction of sp³-hybridized carbons (Fsp3) is 0.308. The van der Waals surface area contributed by atoms with Gasteiger partial charge in [-0.2, -0.15) is 0 Å². The number of hydrogen-bond acceptors (Lipinski definition) is 2. The zero-order valence-electron chi connectivity index (χ0n) is 9.57. The summed E-state index contributed by atoms with van der Waals surface area (Å²) < 4.78 is 1.15. The smallest absolute Gasteiger partial charge is 0.314 e. The summed E-state index contributed by atoms with van der Waals surface area (Å²) in [6.07, 6.45) is 0. The molecule has 1 aromatic heterocycles. The Hall–Kier alpha value is -1.35. The van der Waals surface area contributed by atoms with Gasteiger partial charge in [0.15, 0.2) is 0 Å². The predicted octanol–water partition coefficient (Wildman–Crippen LogP) is 3.57. The molecule has 1 heterocycles. The zero-order chi connectivity index (χ0) is 11.9. The van der Waals surface area contributed by atoms with E-state index in [-0.39, 0.29) is 0 Å². The lowest BCUT2D eigenvalue weighted by atomic mass is 9.91. The number of aryl methyl sites for hydroxylation is 1. The fourth-order valence-corrected chi connectivity index (χ4v) is 2.71. The average molecular weight is 234 g/mol. The highest BCUT2D eigenvalue weighted by molar-refractivity contribution is 7.19. The summed E-state index contributed by atoms with van der Waals surface area (Å²) >= 11 is 1.56. The Bertz CT molecular complexity index is 552. The number of aliphatic carboxylic acids is 1. The number of carboxylic acid groups (broad SMARTS) is 1. The number of carboxylic acids is 1. The van der Waals surface area contributed by atoms with Crippen molar-refractivity contribution in [1.82, 2.24) is 0 Å². The molecule has 3 heteroatoms. The van der Waals surface area contributed by atoms with E-state index in [1.807, 2.05) is 13.0 Å². The summed E-state index contributed by atoms with van der Waals surface area (Å²) in [4.78, 5) is 12.1. The first kappa shape index (κ1) is 11.1. The topological polar surface area (TPSA) is 37.3 Å². The third-order valence-corrected chi connectivity index (χ3v) is 4.26. The van der Waals surface area contributed by atoms with Gasteiger partial charge in [-0.3, -0.25) is 4.79 Å². The largest absolute Gasteiger partial charge is 0.481 e. The molecular weight excluding hydrogens is 220 g/mol. The quantitative estimate of drug-likeness (QED) is 0.862. The number of carbonyl (C=O) groups is 1. The minimum absolute atomic E-state index is 0.782. The molecular formula is C13H14O2S. The molecule has 0 aliphatic rings. The maximum atomic E-state index is 11.2. The second kappa shape index (κ2) is 3.59. The number of thiophene rings is 1. The van der Waals surface area contributed by atoms with Gasteiger partial charge in [-0.05, 0) is 38.3 Å². The van der Waals surface area contributed by atoms with Crippen LogP contribution in [0.5, 0.6) is 0 Å². The van der Waals surface area contributed by atoms with Crippen molar-refractivity contribution >= 4 is 27.4 Å². The maximum absolute atomic E-state index is 11.2. The van der Waals surface area contributed by atoms with Crippen LogP contribution in [-0.4, -0.2) is 11.1 Å². The lowest BCUT2D eigenvalue weighted by molar-refractivity contribution is -0.142. The van der Waals surface area contributed by atoms with Crippen LogP contribution in [-0.2, 0) is 10.2 Å². The number of rotatable bonds is 2. The van der Waals surface area contributed by atoms with Crippen LogP contribution in [0.4, 0.5) is 0 Å². The average Bonchev–Trinajstić information content (AvgIpc) is 2.60. The third-order valence-electron chi connectivity index (χ3n) is 2.82. The van der Waals surface area contributed by atoms with Crippen LogP contribution in [0.1, 0.15) is 24.3 Å². The molecule has 0 amide bonds. The minimum atomic E-state index is -0.808. The molecule has 0 radical (unpaired) electrons. The van der Waals surface area contributed by atoms with Crippen molar-refractivity contribution in [3.8, 4) is 0 Å². The Kier molecular flexibility index (Phi) is 2.50. The molecule has 0 spiro atoms. The van der Waals surface area contributed by atoms with E-state index in [1.165, 1.54) is 5.56 Å². The van der Waals surface area contributed by atoms with Crippen LogP contribution in [0.2, 0.25) is 0 Å². The third kappa shape index (κ3) is 1.71. The Morgan fingerprint density at radius 3 is 2.62 bits per heavy atom. The Labute approximate surface area is 98.5 Å². The molecule has 0 aliphatic carbocycles. The lowest BCUT2D eigenvalue weighted by Crippen LogP contribution is -2.27. The molecule has 0 saturated heterocycles. The molecule has 2 nitrogen and oxygen atoms in total. The molecule has 1 aromatic carbocycles. The van der Waals surface area contributed by atoms with Crippen molar-refractivity contribution in [3.05, 3.63) is 34.7 Å². The number of benzene rings is 1. The van der Waals surface area contributed by atoms with Crippen LogP contribution in [0.25, 0.3) is 10.1 Å². The van der Waals surface area contributed by atoms with Gasteiger partial charge in [-0.1, -0.05) is 17.7 Å². The van der Waals surface area contributed by atoms with E-state index in [4.69, 9.17) is 0 Å². The molecule has 2 rings (SSSR count). The van der Waals surface area contributed by atoms with E-state index < -0.39 is 11.4 Å². The van der Waals surface area contributed by atoms with Crippen LogP contribution in [0, 0.1) is 6.92 Å². The van der Waals surface area contributed by atoms with Crippen molar-refractivity contribution < 1.29 is 9.90 Å². The molecule has 0 saturated carbocycles. The van der Waals surface area contributed by atoms with Crippen LogP contribution in [0.3, 0.4) is 0 Å². The van der Waals surface area contributed by atoms with Crippen molar-refractivity contribution in [2.45, 2.75) is 26.2 Å². The normalized spacial score (nSPS) is 11.9. The van der Waals surface area contributed by atoms with E-state index in [2.05, 4.69) is 18.2 Å². The van der Waals surface area contributed by atoms with Gasteiger partial charge in [0.1, 0.15) is 0 Å². The zero-order valence-corrected chi connectivity index (χ0v) is 10.4. The molecule has 2 aromatic rings. The summed E-state index contributed by atoms with van der Waals surface area (Å²) in [5.41, 5.74) is 0.391. The van der Waals surface area contributed by atoms with E-state index in [0.29, 0.717) is 0 Å². The van der Waals surface area contributed by atoms with Gasteiger partial charge in [-0.15, -0.1) is 11.3 Å². The predicted molar refractivity (Wildman–Crippen MR) is 67.2 cm³/mol. The Morgan fingerprint density at radius 1 is 1.31 bits per heavy atom. The van der Waals surface area contributed by atoms with Gasteiger partial charge in [0.2, 0.25) is 0 Å². The Balaban J connectivity index is 2.59. The van der Waals surface area contributed by atoms with Crippen LogP contribution >= 0.6 is 11.3 Å². The molecule has 0 fully saturated rings. The summed E-state index contributed by atoms with van der Waals surface area (Å²) in [6, 6.07) is 8.18. The van der Waals surface area contributed by atoms with Crippen molar-refractivity contribution in [2.75, 3.05) is 0 Å². The molecule has 1 N–H and O–H groups in total. The van der Waals surface area contributed by atoms with Crippen molar-refractivity contribution in [3.63, 3.8) is 0 Å². The summed E-state index contributed by atoms with van der Waals surface area (Å²) in [5.74, 6) is -0.782. The highest BCUT2D eigenvalue weighted by atomic mass is 32.1. The van der Waals surface area contributed by atoms with Gasteiger partial charge in [0.25, 0.3) is 0 Å². The molecule has 0 atom stereocenters. The van der Waals surface area contributed by atoms with Crippen LogP contribution < -0.4 is 0 Å². The fourth-order valence-electron chi connectivity index (χ4n) is 1.58. The first-order valence-electron chi connectivity index (χ1n) is 5.15. The molecule has 0 aliphatic heterocycles. The van der Waals surface area contributed by atoms with Gasteiger partial charge in [0.05, 0.1) is 5.41 Å². The van der Waals surface area contributed by atoms with Crippen molar-refractivity contribution in [1.29, 1.82) is 0 Å². The SMILES string of the molecule is Cc1ccc2sc(C(C)(C)C(=O)O)cc2c1. The second-order valence-electron chi connectivity index (χ2n) is 4.58. The first-order chi connectivity index (χ1) is 7.41. The highest BCUT2D eigenvalue weighted by Gasteiger charge is 2.31. The molecule has 84 valence electrons. The van der Waals surface area contributed by atoms with Crippen molar-refractivity contribution in [2.24, 2.45) is 0 Å². The first-order valence-corrected chi connectivity index (χ1v) is 5.97. The van der Waals surface area contributed by atoms with Gasteiger partial charge < -0.3 is 5.11 Å². The second-order valence-corrected chi connectivity index (χ2v) is 5.67. The minimum Gasteiger partial charge on any atom is -0.481 e. The highest BCUT2D eigenvalue weighted by Crippen LogP contribution is 2.35. The number of fused-ring (bicyclic) bond motifs is 1. The maximum Gasteiger partial charge on any atom is 0.314 e. The lowest BCUT2D eigenvalue weighted by Gasteiger charge is -2.16. The van der Waals surface area contributed by atoms with E-state index in [0.717, 1.165) is 15.0 Å². The monoisotopic (exact) mass is 234 g/mol. The Morgan fingerprint density at radius 2 is 2.00 bits per heavy atom. The van der Waals surface area contributed by atoms with E-state index >= 15 is 0 Å². The van der Waals surface area contributed by atoms with Crippen LogP contribution in [0.15, 0.2) is 24.3 Å². The van der Waals surface area contributed by atoms with Gasteiger partial charge in [-0.25, -0.2) is 0 Å². The molecule has 0 bridgehead atoms. The summed E-state index contributed by atoms with van der Waals surface area (Å²) in [7, 11) is 0. The standard InChI is InChI=1S/C13H14O2S/c1-8-4-5-10-9(6-8)7-11(16-10)13(2,3)12(14)15/h4-7H,1-3H3,(H,14,15). The molecule has 16 heavy (non-hydrogen) atoms. The summed E-state index contributed by atoms with van der Waals surface area (Å²) in [6.45, 7) is 5.53. The van der Waals surface area contributed by atoms with E-state index in [9.17, 15) is 9.90 Å². The summed E-state index contributed by atoms with van der Waals surface area (Å²) in [5, 5.41) is 10.3. The van der Waals surface area contributed by atoms with E-state index in [1.54, 1.807) is 25.2 Å². The number of hydrogen-bond donors (Lipinski definition) is 1. The van der Waals surface area contributed by atoms with Gasteiger partial charge in [0, 0.05) is 9.58 Å². The van der Waals surface area contributed by atoms with Gasteiger partial charge >= 0.3 is 5.97 Å². The molecule has 0 unspecified atom stereocenters.